The molecule has 0 atom stereocenters. The van der Waals surface area contributed by atoms with Crippen LogP contribution in [0.5, 0.6) is 0 Å². The van der Waals surface area contributed by atoms with E-state index in [1.165, 1.54) is 11.6 Å². The van der Waals surface area contributed by atoms with Crippen molar-refractivity contribution in [3.63, 3.8) is 0 Å². The molecule has 0 radical (unpaired) electrons. The van der Waals surface area contributed by atoms with Gasteiger partial charge < -0.3 is 0 Å². The topological polar surface area (TPSA) is 25.8 Å². The normalized spacial score (nSPS) is 11.0. The predicted molar refractivity (Wildman–Crippen MR) is 84.1 cm³/mol. The number of aromatic nitrogens is 2. The predicted octanol–water partition coefficient (Wildman–Crippen LogP) is 4.96. The first-order valence-corrected chi connectivity index (χ1v) is 7.19. The summed E-state index contributed by atoms with van der Waals surface area (Å²) in [5.41, 5.74) is 3.17. The third kappa shape index (κ3) is 2.49. The van der Waals surface area contributed by atoms with Crippen molar-refractivity contribution in [2.24, 2.45) is 0 Å². The molecular formula is C17H14ClFN2. The van der Waals surface area contributed by atoms with E-state index >= 15 is 0 Å². The molecule has 2 aromatic carbocycles. The van der Waals surface area contributed by atoms with E-state index in [0.29, 0.717) is 27.4 Å². The van der Waals surface area contributed by atoms with Crippen molar-refractivity contribution >= 4 is 22.5 Å². The van der Waals surface area contributed by atoms with Crippen LogP contribution in [0.2, 0.25) is 5.15 Å². The van der Waals surface area contributed by atoms with Gasteiger partial charge in [0.2, 0.25) is 0 Å². The van der Waals surface area contributed by atoms with Crippen molar-refractivity contribution in [3.05, 3.63) is 58.5 Å². The first kappa shape index (κ1) is 14.0. The highest BCUT2D eigenvalue weighted by Gasteiger charge is 2.12. The second-order valence-corrected chi connectivity index (χ2v) is 5.32. The number of halogens is 2. The van der Waals surface area contributed by atoms with Crippen LogP contribution < -0.4 is 0 Å². The van der Waals surface area contributed by atoms with Crippen molar-refractivity contribution in [1.29, 1.82) is 0 Å². The van der Waals surface area contributed by atoms with Gasteiger partial charge in [0, 0.05) is 16.5 Å². The van der Waals surface area contributed by atoms with Crippen LogP contribution >= 0.6 is 11.6 Å². The highest BCUT2D eigenvalue weighted by atomic mass is 35.5. The Morgan fingerprint density at radius 2 is 1.76 bits per heavy atom. The van der Waals surface area contributed by atoms with Crippen LogP contribution in [0.15, 0.2) is 36.4 Å². The Hall–Kier alpha value is -2.00. The Balaban J connectivity index is 2.21. The minimum atomic E-state index is -0.287. The molecule has 4 heteroatoms. The molecule has 0 unspecified atom stereocenters. The summed E-state index contributed by atoms with van der Waals surface area (Å²) in [7, 11) is 0. The number of benzene rings is 2. The van der Waals surface area contributed by atoms with Gasteiger partial charge in [0.05, 0.1) is 5.52 Å². The first-order valence-electron chi connectivity index (χ1n) is 6.82. The lowest BCUT2D eigenvalue weighted by Crippen LogP contribution is -1.95. The van der Waals surface area contributed by atoms with Crippen LogP contribution in [-0.2, 0) is 6.42 Å². The van der Waals surface area contributed by atoms with E-state index in [4.69, 9.17) is 11.6 Å². The molecule has 106 valence electrons. The molecule has 21 heavy (non-hydrogen) atoms. The van der Waals surface area contributed by atoms with Crippen LogP contribution in [0, 0.1) is 12.7 Å². The van der Waals surface area contributed by atoms with Crippen molar-refractivity contribution in [3.8, 4) is 11.4 Å². The Morgan fingerprint density at radius 3 is 2.43 bits per heavy atom. The maximum Gasteiger partial charge on any atom is 0.161 e. The molecule has 0 bridgehead atoms. The molecule has 2 nitrogen and oxygen atoms in total. The first-order chi connectivity index (χ1) is 10.1. The molecule has 3 aromatic rings. The van der Waals surface area contributed by atoms with Crippen molar-refractivity contribution in [2.45, 2.75) is 20.3 Å². The molecule has 0 saturated heterocycles. The average molecular weight is 301 g/mol. The number of hydrogen-bond acceptors (Lipinski definition) is 2. The van der Waals surface area contributed by atoms with Crippen LogP contribution in [0.1, 0.15) is 18.1 Å². The van der Waals surface area contributed by atoms with E-state index in [2.05, 4.69) is 16.9 Å². The maximum absolute atomic E-state index is 13.7. The van der Waals surface area contributed by atoms with Crippen LogP contribution in [-0.4, -0.2) is 9.97 Å². The number of aryl methyl sites for hydroxylation is 2. The third-order valence-corrected chi connectivity index (χ3v) is 3.92. The zero-order valence-corrected chi connectivity index (χ0v) is 12.6. The zero-order valence-electron chi connectivity index (χ0n) is 11.8. The molecule has 1 aromatic heterocycles. The molecular weight excluding hydrogens is 287 g/mol. The van der Waals surface area contributed by atoms with Crippen molar-refractivity contribution in [1.82, 2.24) is 9.97 Å². The van der Waals surface area contributed by atoms with E-state index in [1.54, 1.807) is 13.0 Å². The summed E-state index contributed by atoms with van der Waals surface area (Å²) in [6.07, 6.45) is 0.976. The average Bonchev–Trinajstić information content (AvgIpc) is 2.51. The van der Waals surface area contributed by atoms with Gasteiger partial charge in [0.1, 0.15) is 11.0 Å². The molecule has 0 saturated carbocycles. The molecule has 0 aliphatic carbocycles. The number of nitrogens with zero attached hydrogens (tertiary/aromatic N) is 2. The Bertz CT molecular complexity index is 813. The highest BCUT2D eigenvalue weighted by molar-refractivity contribution is 6.34. The van der Waals surface area contributed by atoms with Crippen molar-refractivity contribution in [2.75, 3.05) is 0 Å². The van der Waals surface area contributed by atoms with Gasteiger partial charge in [-0.25, -0.2) is 14.4 Å². The summed E-state index contributed by atoms with van der Waals surface area (Å²) < 4.78 is 13.7. The highest BCUT2D eigenvalue weighted by Crippen LogP contribution is 2.28. The molecule has 0 aliphatic heterocycles. The standard InChI is InChI=1S/C17H14ClFN2/c1-3-11-4-6-12(7-5-11)17-20-15-10(2)14(19)9-8-13(15)16(18)21-17/h4-9H,3H2,1-2H3. The SMILES string of the molecule is CCc1ccc(-c2nc(Cl)c3ccc(F)c(C)c3n2)cc1. The van der Waals surface area contributed by atoms with Gasteiger partial charge in [0.25, 0.3) is 0 Å². The van der Waals surface area contributed by atoms with Gasteiger partial charge in [-0.1, -0.05) is 42.8 Å². The van der Waals surface area contributed by atoms with Gasteiger partial charge in [-0.15, -0.1) is 0 Å². The van der Waals surface area contributed by atoms with Gasteiger partial charge in [-0.05, 0) is 31.0 Å². The third-order valence-electron chi connectivity index (χ3n) is 3.63. The van der Waals surface area contributed by atoms with E-state index in [9.17, 15) is 4.39 Å². The number of fused-ring (bicyclic) bond motifs is 1. The van der Waals surface area contributed by atoms with Crippen LogP contribution in [0.3, 0.4) is 0 Å². The summed E-state index contributed by atoms with van der Waals surface area (Å²) in [6, 6.07) is 11.0. The van der Waals surface area contributed by atoms with Crippen molar-refractivity contribution < 1.29 is 4.39 Å². The van der Waals surface area contributed by atoms with Crippen LogP contribution in [0.25, 0.3) is 22.3 Å². The monoisotopic (exact) mass is 300 g/mol. The van der Waals surface area contributed by atoms with Gasteiger partial charge in [-0.3, -0.25) is 0 Å². The molecule has 0 fully saturated rings. The second-order valence-electron chi connectivity index (χ2n) is 4.96. The maximum atomic E-state index is 13.7. The Labute approximate surface area is 127 Å². The van der Waals surface area contributed by atoms with E-state index in [1.807, 2.05) is 24.3 Å². The van der Waals surface area contributed by atoms with Gasteiger partial charge in [-0.2, -0.15) is 0 Å². The zero-order chi connectivity index (χ0) is 15.0. The second kappa shape index (κ2) is 5.41. The Kier molecular flexibility index (Phi) is 3.60. The Morgan fingerprint density at radius 1 is 1.05 bits per heavy atom. The van der Waals surface area contributed by atoms with Gasteiger partial charge in [0.15, 0.2) is 5.82 Å². The van der Waals surface area contributed by atoms with E-state index in [0.717, 1.165) is 12.0 Å². The minimum Gasteiger partial charge on any atom is -0.228 e. The lowest BCUT2D eigenvalue weighted by molar-refractivity contribution is 0.620. The van der Waals surface area contributed by atoms with Crippen LogP contribution in [0.4, 0.5) is 4.39 Å². The summed E-state index contributed by atoms with van der Waals surface area (Å²) >= 11 is 6.22. The molecule has 0 aliphatic rings. The fourth-order valence-electron chi connectivity index (χ4n) is 2.29. The quantitative estimate of drug-likeness (QED) is 0.625. The summed E-state index contributed by atoms with van der Waals surface area (Å²) in [5, 5.41) is 1.02. The molecule has 3 rings (SSSR count). The smallest absolute Gasteiger partial charge is 0.161 e. The molecule has 1 heterocycles. The minimum absolute atomic E-state index is 0.287. The van der Waals surface area contributed by atoms with Gasteiger partial charge >= 0.3 is 0 Å². The summed E-state index contributed by atoms with van der Waals surface area (Å²) in [6.45, 7) is 3.80. The summed E-state index contributed by atoms with van der Waals surface area (Å²) in [5.74, 6) is 0.230. The lowest BCUT2D eigenvalue weighted by atomic mass is 10.1. The van der Waals surface area contributed by atoms with E-state index < -0.39 is 0 Å². The fourth-order valence-corrected chi connectivity index (χ4v) is 2.52. The molecule has 0 amide bonds. The largest absolute Gasteiger partial charge is 0.228 e. The van der Waals surface area contributed by atoms with E-state index in [-0.39, 0.29) is 5.82 Å². The molecule has 0 spiro atoms. The fraction of sp³-hybridized carbons (Fsp3) is 0.176. The number of hydrogen-bond donors (Lipinski definition) is 0. The lowest BCUT2D eigenvalue weighted by Gasteiger charge is -2.08. The number of rotatable bonds is 2. The summed E-state index contributed by atoms with van der Waals surface area (Å²) in [4.78, 5) is 8.82. The molecule has 0 N–H and O–H groups in total.